The van der Waals surface area contributed by atoms with Crippen LogP contribution in [0.15, 0.2) is 67.6 Å². The number of hydrogen-bond donors (Lipinski definition) is 0. The number of aryl methyl sites for hydroxylation is 1. The van der Waals surface area contributed by atoms with Crippen molar-refractivity contribution >= 4 is 17.3 Å². The van der Waals surface area contributed by atoms with Crippen LogP contribution in [0, 0.1) is 13.8 Å². The summed E-state index contributed by atoms with van der Waals surface area (Å²) in [6.07, 6.45) is 4.83. The van der Waals surface area contributed by atoms with Crippen LogP contribution in [0.4, 0.5) is 30.5 Å². The summed E-state index contributed by atoms with van der Waals surface area (Å²) in [5, 5.41) is 0. The highest BCUT2D eigenvalue weighted by molar-refractivity contribution is 5.75. The highest BCUT2D eigenvalue weighted by atomic mass is 19.4. The summed E-state index contributed by atoms with van der Waals surface area (Å²) in [6, 6.07) is 7.84. The smallest absolute Gasteiger partial charge is 0.306 e. The second-order valence-corrected chi connectivity index (χ2v) is 6.65. The van der Waals surface area contributed by atoms with Gasteiger partial charge in [0.05, 0.1) is 40.8 Å². The first-order valence-electron chi connectivity index (χ1n) is 9.04. The summed E-state index contributed by atoms with van der Waals surface area (Å²) < 4.78 is 43.3. The van der Waals surface area contributed by atoms with E-state index in [4.69, 9.17) is 0 Å². The molecule has 4 rings (SSSR count). The van der Waals surface area contributed by atoms with Crippen LogP contribution in [0.1, 0.15) is 16.8 Å². The number of anilines is 3. The molecule has 0 atom stereocenters. The Kier molecular flexibility index (Phi) is 4.94. The molecule has 0 saturated carbocycles. The third-order valence-corrected chi connectivity index (χ3v) is 4.57. The maximum Gasteiger partial charge on any atom is 0.416 e. The van der Waals surface area contributed by atoms with E-state index in [0.29, 0.717) is 17.1 Å². The number of alkyl halides is 3. The van der Waals surface area contributed by atoms with Crippen molar-refractivity contribution in [3.63, 3.8) is 0 Å². The van der Waals surface area contributed by atoms with Gasteiger partial charge in [-0.1, -0.05) is 0 Å². The number of pyridine rings is 1. The van der Waals surface area contributed by atoms with E-state index >= 15 is 0 Å². The van der Waals surface area contributed by atoms with E-state index in [-0.39, 0.29) is 17.2 Å². The minimum absolute atomic E-state index is 0.101. The van der Waals surface area contributed by atoms with Gasteiger partial charge in [-0.2, -0.15) is 13.2 Å². The first-order chi connectivity index (χ1) is 14.3. The minimum atomic E-state index is -4.54. The van der Waals surface area contributed by atoms with E-state index in [1.165, 1.54) is 30.5 Å². The number of imidazole rings is 1. The Morgan fingerprint density at radius 3 is 2.30 bits per heavy atom. The minimum Gasteiger partial charge on any atom is -0.306 e. The van der Waals surface area contributed by atoms with Crippen molar-refractivity contribution in [2.24, 2.45) is 0 Å². The summed E-state index contributed by atoms with van der Waals surface area (Å²) in [6.45, 7) is 3.23. The van der Waals surface area contributed by atoms with Crippen molar-refractivity contribution in [1.29, 1.82) is 0 Å². The predicted octanol–water partition coefficient (Wildman–Crippen LogP) is 5.16. The van der Waals surface area contributed by atoms with Crippen LogP contribution in [-0.2, 0) is 6.18 Å². The average Bonchev–Trinajstić information content (AvgIpc) is 3.16. The van der Waals surface area contributed by atoms with Crippen molar-refractivity contribution in [2.45, 2.75) is 20.0 Å². The van der Waals surface area contributed by atoms with Gasteiger partial charge < -0.3 is 4.57 Å². The van der Waals surface area contributed by atoms with Gasteiger partial charge in [0.15, 0.2) is 0 Å². The zero-order valence-corrected chi connectivity index (χ0v) is 16.2. The molecule has 0 bridgehead atoms. The summed E-state index contributed by atoms with van der Waals surface area (Å²) in [5.41, 5.74) is 1.21. The Morgan fingerprint density at radius 2 is 1.70 bits per heavy atom. The zero-order chi connectivity index (χ0) is 21.3. The Labute approximate surface area is 170 Å². The van der Waals surface area contributed by atoms with Gasteiger partial charge in [-0.15, -0.1) is 0 Å². The predicted molar refractivity (Wildman–Crippen MR) is 106 cm³/mol. The SMILES string of the molecule is Cc1cn(-c2cc(N(c3cccnc3)c3ncccn3)cc(C(F)(F)F)c2C)cn1. The molecule has 0 radical (unpaired) electrons. The first kappa shape index (κ1) is 19.6. The van der Waals surface area contributed by atoms with Gasteiger partial charge in [-0.05, 0) is 49.7 Å². The lowest BCUT2D eigenvalue weighted by Gasteiger charge is -2.25. The van der Waals surface area contributed by atoms with Gasteiger partial charge in [0, 0.05) is 24.8 Å². The molecule has 0 N–H and O–H groups in total. The molecule has 30 heavy (non-hydrogen) atoms. The Hall–Kier alpha value is -3.75. The molecule has 9 heteroatoms. The first-order valence-corrected chi connectivity index (χ1v) is 9.04. The van der Waals surface area contributed by atoms with Gasteiger partial charge in [0.25, 0.3) is 0 Å². The molecule has 0 unspecified atom stereocenters. The molecule has 0 amide bonds. The third kappa shape index (κ3) is 3.73. The van der Waals surface area contributed by atoms with Crippen molar-refractivity contribution in [3.05, 3.63) is 84.5 Å². The number of benzene rings is 1. The fourth-order valence-corrected chi connectivity index (χ4v) is 3.20. The molecular formula is C21H17F3N6. The van der Waals surface area contributed by atoms with Crippen molar-refractivity contribution in [2.75, 3.05) is 4.90 Å². The highest BCUT2D eigenvalue weighted by Crippen LogP contribution is 2.40. The van der Waals surface area contributed by atoms with Gasteiger partial charge in [0.1, 0.15) is 0 Å². The zero-order valence-electron chi connectivity index (χ0n) is 16.2. The van der Waals surface area contributed by atoms with E-state index in [1.54, 1.807) is 54.3 Å². The Morgan fingerprint density at radius 1 is 0.933 bits per heavy atom. The maximum absolute atomic E-state index is 13.9. The summed E-state index contributed by atoms with van der Waals surface area (Å²) in [5.74, 6) is 0.232. The van der Waals surface area contributed by atoms with E-state index in [2.05, 4.69) is 19.9 Å². The lowest BCUT2D eigenvalue weighted by atomic mass is 10.0. The number of nitrogens with zero attached hydrogens (tertiary/aromatic N) is 6. The maximum atomic E-state index is 13.9. The lowest BCUT2D eigenvalue weighted by molar-refractivity contribution is -0.138. The van der Waals surface area contributed by atoms with Crippen LogP contribution >= 0.6 is 0 Å². The van der Waals surface area contributed by atoms with Crippen molar-refractivity contribution in [3.8, 4) is 5.69 Å². The van der Waals surface area contributed by atoms with E-state index < -0.39 is 11.7 Å². The summed E-state index contributed by atoms with van der Waals surface area (Å²) in [4.78, 5) is 18.3. The van der Waals surface area contributed by atoms with Gasteiger partial charge in [-0.3, -0.25) is 9.88 Å². The van der Waals surface area contributed by atoms with Crippen LogP contribution in [0.5, 0.6) is 0 Å². The second-order valence-electron chi connectivity index (χ2n) is 6.65. The molecule has 3 heterocycles. The van der Waals surface area contributed by atoms with Gasteiger partial charge in [-0.25, -0.2) is 15.0 Å². The quantitative estimate of drug-likeness (QED) is 0.465. The Bertz CT molecular complexity index is 1120. The van der Waals surface area contributed by atoms with Crippen LogP contribution in [0.2, 0.25) is 0 Å². The number of hydrogen-bond acceptors (Lipinski definition) is 5. The molecular weight excluding hydrogens is 393 g/mol. The van der Waals surface area contributed by atoms with Crippen LogP contribution in [-0.4, -0.2) is 24.5 Å². The van der Waals surface area contributed by atoms with Crippen LogP contribution in [0.25, 0.3) is 5.69 Å². The molecule has 0 aliphatic heterocycles. The number of aromatic nitrogens is 5. The third-order valence-electron chi connectivity index (χ3n) is 4.57. The largest absolute Gasteiger partial charge is 0.416 e. The van der Waals surface area contributed by atoms with Crippen LogP contribution < -0.4 is 4.90 Å². The normalized spacial score (nSPS) is 11.5. The molecule has 1 aromatic carbocycles. The van der Waals surface area contributed by atoms with Crippen molar-refractivity contribution < 1.29 is 13.2 Å². The van der Waals surface area contributed by atoms with E-state index in [1.807, 2.05) is 0 Å². The monoisotopic (exact) mass is 410 g/mol. The molecule has 0 saturated heterocycles. The molecule has 3 aromatic heterocycles. The average molecular weight is 410 g/mol. The Balaban J connectivity index is 1.99. The molecule has 0 fully saturated rings. The summed E-state index contributed by atoms with van der Waals surface area (Å²) in [7, 11) is 0. The molecule has 0 aliphatic rings. The number of rotatable bonds is 4. The summed E-state index contributed by atoms with van der Waals surface area (Å²) >= 11 is 0. The molecule has 0 aliphatic carbocycles. The topological polar surface area (TPSA) is 59.7 Å². The van der Waals surface area contributed by atoms with Crippen molar-refractivity contribution in [1.82, 2.24) is 24.5 Å². The molecule has 152 valence electrons. The molecule has 4 aromatic rings. The number of halogens is 3. The fourth-order valence-electron chi connectivity index (χ4n) is 3.20. The molecule has 0 spiro atoms. The second kappa shape index (κ2) is 7.58. The molecule has 6 nitrogen and oxygen atoms in total. The fraction of sp³-hybridized carbons (Fsp3) is 0.143. The van der Waals surface area contributed by atoms with E-state index in [0.717, 1.165) is 6.07 Å². The lowest BCUT2D eigenvalue weighted by Crippen LogP contribution is -2.17. The van der Waals surface area contributed by atoms with Gasteiger partial charge >= 0.3 is 6.18 Å². The van der Waals surface area contributed by atoms with E-state index in [9.17, 15) is 13.2 Å². The highest BCUT2D eigenvalue weighted by Gasteiger charge is 2.35. The standard InChI is InChI=1S/C21H17F3N6/c1-14-12-29(13-28-14)19-10-17(9-18(15(19)2)21(22,23)24)30(16-5-3-6-25-11-16)20-26-7-4-8-27-20/h3-13H,1-2H3. The van der Waals surface area contributed by atoms with Gasteiger partial charge in [0.2, 0.25) is 5.95 Å². The van der Waals surface area contributed by atoms with Crippen LogP contribution in [0.3, 0.4) is 0 Å².